The van der Waals surface area contributed by atoms with E-state index in [1.54, 1.807) is 6.26 Å². The van der Waals surface area contributed by atoms with Crippen molar-refractivity contribution in [3.63, 3.8) is 0 Å². The molecule has 0 bridgehead atoms. The van der Waals surface area contributed by atoms with Crippen molar-refractivity contribution in [1.29, 1.82) is 0 Å². The Hall–Kier alpha value is -3.58. The van der Waals surface area contributed by atoms with Crippen molar-refractivity contribution >= 4 is 16.7 Å². The molecule has 2 heterocycles. The van der Waals surface area contributed by atoms with Crippen LogP contribution in [0.2, 0.25) is 0 Å². The monoisotopic (exact) mass is 393 g/mol. The maximum absolute atomic E-state index is 5.55. The first-order valence-corrected chi connectivity index (χ1v) is 10.5. The Bertz CT molecular complexity index is 1200. The Morgan fingerprint density at radius 2 is 1.67 bits per heavy atom. The van der Waals surface area contributed by atoms with Crippen LogP contribution in [0.15, 0.2) is 71.3 Å². The molecule has 1 fully saturated rings. The Kier molecular flexibility index (Phi) is 5.18. The summed E-state index contributed by atoms with van der Waals surface area (Å²) in [5.74, 6) is 8.65. The molecule has 2 aromatic carbocycles. The van der Waals surface area contributed by atoms with Gasteiger partial charge in [0.1, 0.15) is 5.82 Å². The van der Waals surface area contributed by atoms with E-state index in [-0.39, 0.29) is 0 Å². The van der Waals surface area contributed by atoms with Crippen molar-refractivity contribution in [3.8, 4) is 23.4 Å². The second kappa shape index (κ2) is 8.42. The van der Waals surface area contributed by atoms with E-state index in [4.69, 9.17) is 14.4 Å². The fourth-order valence-electron chi connectivity index (χ4n) is 3.94. The molecule has 0 saturated heterocycles. The van der Waals surface area contributed by atoms with E-state index in [1.807, 2.05) is 54.6 Å². The van der Waals surface area contributed by atoms with E-state index < -0.39 is 0 Å². The van der Waals surface area contributed by atoms with Crippen LogP contribution < -0.4 is 5.32 Å². The van der Waals surface area contributed by atoms with Gasteiger partial charge in [0, 0.05) is 22.6 Å². The summed E-state index contributed by atoms with van der Waals surface area (Å²) in [6.45, 7) is 0. The number of benzene rings is 2. The van der Waals surface area contributed by atoms with Crippen LogP contribution in [0.1, 0.15) is 43.2 Å². The van der Waals surface area contributed by atoms with E-state index in [0.29, 0.717) is 17.6 Å². The van der Waals surface area contributed by atoms with Crippen LogP contribution >= 0.6 is 0 Å². The lowest BCUT2D eigenvalue weighted by Gasteiger charge is -2.24. The second-order valence-corrected chi connectivity index (χ2v) is 7.70. The summed E-state index contributed by atoms with van der Waals surface area (Å²) in [5, 5.41) is 4.68. The third-order valence-corrected chi connectivity index (χ3v) is 5.51. The van der Waals surface area contributed by atoms with E-state index in [0.717, 1.165) is 27.8 Å². The van der Waals surface area contributed by atoms with Gasteiger partial charge in [0.05, 0.1) is 11.8 Å². The third-order valence-electron chi connectivity index (χ3n) is 5.51. The average Bonchev–Trinajstić information content (AvgIpc) is 3.34. The van der Waals surface area contributed by atoms with Crippen molar-refractivity contribution in [2.24, 2.45) is 0 Å². The molecule has 1 aliphatic rings. The molecule has 30 heavy (non-hydrogen) atoms. The minimum absolute atomic E-state index is 0.445. The molecule has 0 radical (unpaired) electrons. The van der Waals surface area contributed by atoms with Crippen LogP contribution in [0, 0.1) is 11.8 Å². The molecular formula is C26H23N3O. The zero-order valence-corrected chi connectivity index (χ0v) is 16.8. The van der Waals surface area contributed by atoms with Crippen LogP contribution in [0.4, 0.5) is 5.82 Å². The van der Waals surface area contributed by atoms with Crippen LogP contribution in [-0.4, -0.2) is 16.0 Å². The Morgan fingerprint density at radius 1 is 0.833 bits per heavy atom. The summed E-state index contributed by atoms with van der Waals surface area (Å²) in [6, 6.07) is 20.4. The molecule has 0 atom stereocenters. The fourth-order valence-corrected chi connectivity index (χ4v) is 3.94. The topological polar surface area (TPSA) is 51.0 Å². The maximum atomic E-state index is 5.55. The van der Waals surface area contributed by atoms with Gasteiger partial charge >= 0.3 is 0 Å². The number of nitrogens with one attached hydrogen (secondary N) is 1. The van der Waals surface area contributed by atoms with Gasteiger partial charge in [-0.2, -0.15) is 0 Å². The van der Waals surface area contributed by atoms with Gasteiger partial charge < -0.3 is 9.73 Å². The molecule has 5 rings (SSSR count). The van der Waals surface area contributed by atoms with Crippen molar-refractivity contribution in [2.75, 3.05) is 5.32 Å². The lowest BCUT2D eigenvalue weighted by atomic mass is 9.95. The normalized spacial score (nSPS) is 14.3. The molecule has 148 valence electrons. The molecule has 2 aromatic heterocycles. The Morgan fingerprint density at radius 3 is 2.47 bits per heavy atom. The number of nitrogens with zero attached hydrogens (tertiary/aromatic N) is 2. The summed E-state index contributed by atoms with van der Waals surface area (Å²) >= 11 is 0. The molecule has 0 unspecified atom stereocenters. The SMILES string of the molecule is C(#Cc1ccc2nc(-c3ccco3)nc(NC3CCCCC3)c2c1)c1ccccc1. The first-order chi connectivity index (χ1) is 14.8. The fraction of sp³-hybridized carbons (Fsp3) is 0.231. The van der Waals surface area contributed by atoms with Gasteiger partial charge in [0.2, 0.25) is 0 Å². The molecule has 4 nitrogen and oxygen atoms in total. The minimum Gasteiger partial charge on any atom is -0.461 e. The first kappa shape index (κ1) is 18.4. The molecule has 0 aliphatic heterocycles. The molecule has 0 amide bonds. The summed E-state index contributed by atoms with van der Waals surface area (Å²) in [6.07, 6.45) is 7.85. The highest BCUT2D eigenvalue weighted by molar-refractivity contribution is 5.91. The third kappa shape index (κ3) is 4.06. The number of furan rings is 1. The standard InChI is InChI=1S/C26H23N3O/c1-3-8-19(9-4-1)13-14-20-15-16-23-22(18-20)25(27-21-10-5-2-6-11-21)29-26(28-23)24-12-7-17-30-24/h1,3-4,7-9,12,15-18,21H,2,5-6,10-11H2,(H,27,28,29). The van der Waals surface area contributed by atoms with Gasteiger partial charge in [-0.3, -0.25) is 0 Å². The smallest absolute Gasteiger partial charge is 0.198 e. The maximum Gasteiger partial charge on any atom is 0.198 e. The van der Waals surface area contributed by atoms with Gasteiger partial charge in [0.15, 0.2) is 11.6 Å². The number of aromatic nitrogens is 2. The number of hydrogen-bond donors (Lipinski definition) is 1. The predicted molar refractivity (Wildman–Crippen MR) is 120 cm³/mol. The van der Waals surface area contributed by atoms with Gasteiger partial charge in [-0.1, -0.05) is 49.3 Å². The lowest BCUT2D eigenvalue weighted by Crippen LogP contribution is -2.23. The number of hydrogen-bond acceptors (Lipinski definition) is 4. The van der Waals surface area contributed by atoms with E-state index in [2.05, 4.69) is 23.2 Å². The van der Waals surface area contributed by atoms with Crippen molar-refractivity contribution < 1.29 is 4.42 Å². The minimum atomic E-state index is 0.445. The zero-order chi connectivity index (χ0) is 20.2. The molecule has 0 spiro atoms. The van der Waals surface area contributed by atoms with Crippen molar-refractivity contribution in [1.82, 2.24) is 9.97 Å². The predicted octanol–water partition coefficient (Wildman–Crippen LogP) is 6.03. The van der Waals surface area contributed by atoms with Gasteiger partial charge in [-0.15, -0.1) is 0 Å². The molecule has 1 saturated carbocycles. The average molecular weight is 393 g/mol. The zero-order valence-electron chi connectivity index (χ0n) is 16.8. The summed E-state index contributed by atoms with van der Waals surface area (Å²) in [5.41, 5.74) is 2.84. The van der Waals surface area contributed by atoms with Crippen LogP contribution in [-0.2, 0) is 0 Å². The Balaban J connectivity index is 1.56. The second-order valence-electron chi connectivity index (χ2n) is 7.70. The number of rotatable bonds is 3. The summed E-state index contributed by atoms with van der Waals surface area (Å²) in [7, 11) is 0. The van der Waals surface area contributed by atoms with E-state index in [9.17, 15) is 0 Å². The van der Waals surface area contributed by atoms with Gasteiger partial charge in [0.25, 0.3) is 0 Å². The largest absolute Gasteiger partial charge is 0.461 e. The van der Waals surface area contributed by atoms with Gasteiger partial charge in [-0.05, 0) is 55.3 Å². The van der Waals surface area contributed by atoms with Crippen molar-refractivity contribution in [2.45, 2.75) is 38.1 Å². The first-order valence-electron chi connectivity index (χ1n) is 10.5. The van der Waals surface area contributed by atoms with Gasteiger partial charge in [-0.25, -0.2) is 9.97 Å². The van der Waals surface area contributed by atoms with Crippen molar-refractivity contribution in [3.05, 3.63) is 78.1 Å². The van der Waals surface area contributed by atoms with Crippen LogP contribution in [0.25, 0.3) is 22.5 Å². The highest BCUT2D eigenvalue weighted by atomic mass is 16.3. The Labute approximate surface area is 176 Å². The molecular weight excluding hydrogens is 370 g/mol. The van der Waals surface area contributed by atoms with E-state index in [1.165, 1.54) is 32.1 Å². The number of fused-ring (bicyclic) bond motifs is 1. The quantitative estimate of drug-likeness (QED) is 0.432. The number of anilines is 1. The molecule has 4 aromatic rings. The van der Waals surface area contributed by atoms with E-state index >= 15 is 0 Å². The lowest BCUT2D eigenvalue weighted by molar-refractivity contribution is 0.462. The molecule has 1 N–H and O–H groups in total. The highest BCUT2D eigenvalue weighted by Crippen LogP contribution is 2.29. The molecule has 4 heteroatoms. The summed E-state index contributed by atoms with van der Waals surface area (Å²) in [4.78, 5) is 9.57. The van der Waals surface area contributed by atoms with Crippen LogP contribution in [0.5, 0.6) is 0 Å². The summed E-state index contributed by atoms with van der Waals surface area (Å²) < 4.78 is 5.55. The highest BCUT2D eigenvalue weighted by Gasteiger charge is 2.17. The molecule has 1 aliphatic carbocycles. The van der Waals surface area contributed by atoms with Crippen LogP contribution in [0.3, 0.4) is 0 Å².